The Morgan fingerprint density at radius 1 is 0.882 bits per heavy atom. The first-order valence-electron chi connectivity index (χ1n) is 10.9. The number of hydrogen-bond donors (Lipinski definition) is 1. The van der Waals surface area contributed by atoms with E-state index in [0.717, 1.165) is 9.79 Å². The number of benzene rings is 3. The van der Waals surface area contributed by atoms with Gasteiger partial charge in [-0.1, -0.05) is 41.6 Å². The van der Waals surface area contributed by atoms with E-state index in [1.807, 2.05) is 24.3 Å². The summed E-state index contributed by atoms with van der Waals surface area (Å²) in [5, 5.41) is 2.83. The molecule has 34 heavy (non-hydrogen) atoms. The van der Waals surface area contributed by atoms with Gasteiger partial charge in [0.1, 0.15) is 5.75 Å². The number of rotatable bonds is 11. The molecule has 0 aliphatic carbocycles. The van der Waals surface area contributed by atoms with Crippen molar-refractivity contribution in [2.24, 2.45) is 0 Å². The number of amides is 1. The Kier molecular flexibility index (Phi) is 9.29. The molecular weight excluding hydrogens is 450 g/mol. The Labute approximate surface area is 203 Å². The van der Waals surface area contributed by atoms with Gasteiger partial charge in [-0.3, -0.25) is 14.4 Å². The van der Waals surface area contributed by atoms with E-state index in [2.05, 4.69) is 36.5 Å². The maximum Gasteiger partial charge on any atom is 0.306 e. The minimum Gasteiger partial charge on any atom is -0.497 e. The molecule has 176 valence electrons. The van der Waals surface area contributed by atoms with E-state index in [-0.39, 0.29) is 31.1 Å². The molecule has 0 heterocycles. The lowest BCUT2D eigenvalue weighted by Gasteiger charge is -2.08. The molecule has 1 N–H and O–H groups in total. The van der Waals surface area contributed by atoms with Crippen molar-refractivity contribution in [2.75, 3.05) is 19.0 Å². The molecule has 0 fully saturated rings. The number of anilines is 1. The lowest BCUT2D eigenvalue weighted by Crippen LogP contribution is -2.15. The number of Topliss-reactive ketones (excluding diaryl/α,β-unsaturated/α-hetero) is 1. The van der Waals surface area contributed by atoms with Crippen LogP contribution >= 0.6 is 11.8 Å². The standard InChI is InChI=1S/C27H27NO5S/c1-19-9-13-23(14-10-19)34-24-15-11-21(12-16-24)28-26(30)7-4-8-27(31)33-18-25(29)20-5-3-6-22(17-20)32-2/h3,5-6,9-17H,4,7-8,18H2,1-2H3,(H,28,30). The van der Waals surface area contributed by atoms with E-state index >= 15 is 0 Å². The van der Waals surface area contributed by atoms with Crippen molar-refractivity contribution >= 4 is 35.1 Å². The molecule has 7 heteroatoms. The largest absolute Gasteiger partial charge is 0.497 e. The summed E-state index contributed by atoms with van der Waals surface area (Å²) in [6.07, 6.45) is 0.573. The van der Waals surface area contributed by atoms with Crippen LogP contribution in [0.4, 0.5) is 5.69 Å². The van der Waals surface area contributed by atoms with Crippen LogP contribution in [0.1, 0.15) is 35.2 Å². The van der Waals surface area contributed by atoms with Crippen LogP contribution in [0.5, 0.6) is 5.75 Å². The molecule has 3 rings (SSSR count). The molecule has 6 nitrogen and oxygen atoms in total. The van der Waals surface area contributed by atoms with Crippen LogP contribution < -0.4 is 10.1 Å². The highest BCUT2D eigenvalue weighted by Gasteiger charge is 2.12. The van der Waals surface area contributed by atoms with Crippen LogP contribution in [0, 0.1) is 6.92 Å². The molecule has 3 aromatic rings. The number of ether oxygens (including phenoxy) is 2. The van der Waals surface area contributed by atoms with E-state index in [1.165, 1.54) is 12.7 Å². The summed E-state index contributed by atoms with van der Waals surface area (Å²) in [6, 6.07) is 22.6. The summed E-state index contributed by atoms with van der Waals surface area (Å²) >= 11 is 1.65. The fourth-order valence-electron chi connectivity index (χ4n) is 3.06. The first-order valence-corrected chi connectivity index (χ1v) is 11.7. The summed E-state index contributed by atoms with van der Waals surface area (Å²) < 4.78 is 10.1. The van der Waals surface area contributed by atoms with Crippen molar-refractivity contribution in [3.63, 3.8) is 0 Å². The van der Waals surface area contributed by atoms with Gasteiger partial charge in [0.25, 0.3) is 0 Å². The monoisotopic (exact) mass is 477 g/mol. The van der Waals surface area contributed by atoms with Gasteiger partial charge in [0.05, 0.1) is 7.11 Å². The van der Waals surface area contributed by atoms with Crippen LogP contribution in [0.15, 0.2) is 82.6 Å². The van der Waals surface area contributed by atoms with E-state index in [4.69, 9.17) is 9.47 Å². The van der Waals surface area contributed by atoms with Crippen molar-refractivity contribution in [2.45, 2.75) is 36.0 Å². The average molecular weight is 478 g/mol. The van der Waals surface area contributed by atoms with Crippen molar-refractivity contribution < 1.29 is 23.9 Å². The molecule has 1 amide bonds. The van der Waals surface area contributed by atoms with Gasteiger partial charge in [-0.25, -0.2) is 0 Å². The third-order valence-electron chi connectivity index (χ3n) is 4.94. The summed E-state index contributed by atoms with van der Waals surface area (Å²) in [5.74, 6) is -0.447. The molecular formula is C27H27NO5S. The van der Waals surface area contributed by atoms with Gasteiger partial charge in [0.15, 0.2) is 12.4 Å². The normalized spacial score (nSPS) is 10.4. The quantitative estimate of drug-likeness (QED) is 0.282. The molecule has 0 aliphatic rings. The number of nitrogens with one attached hydrogen (secondary N) is 1. The van der Waals surface area contributed by atoms with Crippen LogP contribution in [-0.4, -0.2) is 31.4 Å². The predicted octanol–water partition coefficient (Wildman–Crippen LogP) is 5.69. The molecule has 0 unspecified atom stereocenters. The van der Waals surface area contributed by atoms with Crippen LogP contribution in [0.3, 0.4) is 0 Å². The summed E-state index contributed by atoms with van der Waals surface area (Å²) in [5.41, 5.74) is 2.33. The lowest BCUT2D eigenvalue weighted by molar-refractivity contribution is -0.142. The number of ketones is 1. The fraction of sp³-hybridized carbons (Fsp3) is 0.222. The number of aryl methyl sites for hydroxylation is 1. The van der Waals surface area contributed by atoms with Gasteiger partial charge in [-0.05, 0) is 61.9 Å². The van der Waals surface area contributed by atoms with Crippen molar-refractivity contribution in [1.82, 2.24) is 0 Å². The van der Waals surface area contributed by atoms with Gasteiger partial charge in [-0.2, -0.15) is 0 Å². The highest BCUT2D eigenvalue weighted by atomic mass is 32.2. The molecule has 0 saturated carbocycles. The molecule has 3 aromatic carbocycles. The van der Waals surface area contributed by atoms with Gasteiger partial charge in [-0.15, -0.1) is 0 Å². The fourth-order valence-corrected chi connectivity index (χ4v) is 3.88. The Hall–Kier alpha value is -3.58. The molecule has 0 spiro atoms. The van der Waals surface area contributed by atoms with Gasteiger partial charge >= 0.3 is 5.97 Å². The summed E-state index contributed by atoms with van der Waals surface area (Å²) in [7, 11) is 1.51. The van der Waals surface area contributed by atoms with E-state index in [9.17, 15) is 14.4 Å². The zero-order valence-corrected chi connectivity index (χ0v) is 20.0. The zero-order valence-electron chi connectivity index (χ0n) is 19.2. The van der Waals surface area contributed by atoms with Crippen LogP contribution in [0.25, 0.3) is 0 Å². The smallest absolute Gasteiger partial charge is 0.306 e. The SMILES string of the molecule is COc1cccc(C(=O)COC(=O)CCCC(=O)Nc2ccc(Sc3ccc(C)cc3)cc2)c1. The third-order valence-corrected chi connectivity index (χ3v) is 5.95. The Bertz CT molecular complexity index is 1130. The number of hydrogen-bond acceptors (Lipinski definition) is 6. The summed E-state index contributed by atoms with van der Waals surface area (Å²) in [6.45, 7) is 1.71. The highest BCUT2D eigenvalue weighted by molar-refractivity contribution is 7.99. The zero-order chi connectivity index (χ0) is 24.3. The second-order valence-electron chi connectivity index (χ2n) is 7.66. The van der Waals surface area contributed by atoms with Crippen LogP contribution in [-0.2, 0) is 14.3 Å². The second-order valence-corrected chi connectivity index (χ2v) is 8.80. The molecule has 0 bridgehead atoms. The minimum absolute atomic E-state index is 0.0605. The molecule has 0 radical (unpaired) electrons. The van der Waals surface area contributed by atoms with E-state index < -0.39 is 5.97 Å². The second kappa shape index (κ2) is 12.6. The Morgan fingerprint density at radius 3 is 2.24 bits per heavy atom. The number of carbonyl (C=O) groups excluding carboxylic acids is 3. The maximum absolute atomic E-state index is 12.2. The number of esters is 1. The van der Waals surface area contributed by atoms with Crippen molar-refractivity contribution in [3.8, 4) is 5.75 Å². The Morgan fingerprint density at radius 2 is 1.56 bits per heavy atom. The highest BCUT2D eigenvalue weighted by Crippen LogP contribution is 2.28. The molecule has 0 atom stereocenters. The van der Waals surface area contributed by atoms with Gasteiger partial charge in [0.2, 0.25) is 5.91 Å². The topological polar surface area (TPSA) is 81.7 Å². The Balaban J connectivity index is 1.35. The lowest BCUT2D eigenvalue weighted by atomic mass is 10.1. The molecule has 0 saturated heterocycles. The first kappa shape index (κ1) is 25.1. The van der Waals surface area contributed by atoms with Gasteiger partial charge in [0, 0.05) is 33.9 Å². The first-order chi connectivity index (χ1) is 16.4. The van der Waals surface area contributed by atoms with Gasteiger partial charge < -0.3 is 14.8 Å². The number of methoxy groups -OCH3 is 1. The maximum atomic E-state index is 12.2. The summed E-state index contributed by atoms with van der Waals surface area (Å²) in [4.78, 5) is 38.5. The van der Waals surface area contributed by atoms with Crippen LogP contribution in [0.2, 0.25) is 0 Å². The number of carbonyl (C=O) groups is 3. The average Bonchev–Trinajstić information content (AvgIpc) is 2.85. The molecule has 0 aromatic heterocycles. The third kappa shape index (κ3) is 8.08. The minimum atomic E-state index is -0.512. The van der Waals surface area contributed by atoms with E-state index in [0.29, 0.717) is 23.4 Å². The predicted molar refractivity (Wildman–Crippen MR) is 133 cm³/mol. The molecule has 0 aliphatic heterocycles. The van der Waals surface area contributed by atoms with Crippen molar-refractivity contribution in [1.29, 1.82) is 0 Å². The van der Waals surface area contributed by atoms with E-state index in [1.54, 1.807) is 36.0 Å². The van der Waals surface area contributed by atoms with Crippen molar-refractivity contribution in [3.05, 3.63) is 83.9 Å².